The van der Waals surface area contributed by atoms with Crippen LogP contribution in [0.25, 0.3) is 0 Å². The lowest BCUT2D eigenvalue weighted by atomic mass is 9.73. The zero-order valence-corrected chi connectivity index (χ0v) is 42.3. The number of esters is 1. The third-order valence-electron chi connectivity index (χ3n) is 16.5. The Kier molecular flexibility index (Phi) is 21.3. The molecule has 3 N–H and O–H groups in total. The number of likely N-dealkylation sites (tertiary alicyclic amines) is 1. The highest BCUT2D eigenvalue weighted by Crippen LogP contribution is 2.50. The number of hydrogen-bond acceptors (Lipinski definition) is 9. The van der Waals surface area contributed by atoms with Crippen LogP contribution in [0.1, 0.15) is 199 Å². The van der Waals surface area contributed by atoms with Gasteiger partial charge in [0.25, 0.3) is 0 Å². The smallest absolute Gasteiger partial charge is 0.341 e. The van der Waals surface area contributed by atoms with Crippen LogP contribution in [0.5, 0.6) is 5.75 Å². The number of thioether (sulfide) groups is 1. The lowest BCUT2D eigenvalue weighted by molar-refractivity contribution is -0.162. The van der Waals surface area contributed by atoms with Crippen molar-refractivity contribution >= 4 is 41.4 Å². The summed E-state index contributed by atoms with van der Waals surface area (Å²) >= 11 is 1.63. The number of benzene rings is 1. The lowest BCUT2D eigenvalue weighted by Gasteiger charge is -2.41. The van der Waals surface area contributed by atoms with Crippen LogP contribution < -0.4 is 10.1 Å². The van der Waals surface area contributed by atoms with Gasteiger partial charge in [0, 0.05) is 18.5 Å². The highest BCUT2D eigenvalue weighted by molar-refractivity contribution is 8.00. The number of carbonyl (C=O) groups is 5. The summed E-state index contributed by atoms with van der Waals surface area (Å²) in [7, 11) is 0. The van der Waals surface area contributed by atoms with Crippen molar-refractivity contribution < 1.29 is 43.7 Å². The molecule has 3 amide bonds. The lowest BCUT2D eigenvalue weighted by Crippen LogP contribution is -2.52. The fourth-order valence-electron chi connectivity index (χ4n) is 12.7. The number of carboxylic acids is 1. The van der Waals surface area contributed by atoms with Gasteiger partial charge in [-0.2, -0.15) is 0 Å². The number of rotatable bonds is 23. The SMILES string of the molecule is CCCCC[C@H](O)CC[C@@H]1[C@H]2Cc3cccc(OCC(=O)O)c3C[C@H]2C[C@H]1OC(=O)C1CCCC[C@@H]1C(=O)NCCCCCCSC1CC(=O)N(C(C)(C)C2CCCCCCCCCC2)C1=O. The van der Waals surface area contributed by atoms with E-state index < -0.39 is 36.1 Å². The van der Waals surface area contributed by atoms with Crippen LogP contribution in [-0.4, -0.2) is 86.7 Å². The van der Waals surface area contributed by atoms with Gasteiger partial charge in [-0.1, -0.05) is 115 Å². The first-order valence-electron chi connectivity index (χ1n) is 27.0. The molecule has 0 aromatic heterocycles. The third-order valence-corrected chi connectivity index (χ3v) is 17.8. The summed E-state index contributed by atoms with van der Waals surface area (Å²) in [5.74, 6) is 0.122. The highest BCUT2D eigenvalue weighted by Gasteiger charge is 2.50. The van der Waals surface area contributed by atoms with Crippen molar-refractivity contribution in [3.05, 3.63) is 29.3 Å². The Morgan fingerprint density at radius 2 is 1.52 bits per heavy atom. The fraction of sp³-hybridized carbons (Fsp3) is 0.800. The number of aliphatic carboxylic acids is 1. The molecule has 4 fully saturated rings. The number of hydrogen-bond donors (Lipinski definition) is 3. The molecule has 1 aromatic rings. The molecule has 1 aromatic carbocycles. The van der Waals surface area contributed by atoms with Crippen LogP contribution in [-0.2, 0) is 41.6 Å². The molecular weight excluding hydrogens is 865 g/mol. The summed E-state index contributed by atoms with van der Waals surface area (Å²) in [6.45, 7) is 6.57. The van der Waals surface area contributed by atoms with Crippen LogP contribution in [0.3, 0.4) is 0 Å². The molecule has 0 bridgehead atoms. The number of aliphatic hydroxyl groups excluding tert-OH is 1. The van der Waals surface area contributed by atoms with E-state index in [1.54, 1.807) is 16.7 Å². The highest BCUT2D eigenvalue weighted by atomic mass is 32.2. The first kappa shape index (κ1) is 53.2. The number of ether oxygens (including phenoxy) is 2. The largest absolute Gasteiger partial charge is 0.482 e. The van der Waals surface area contributed by atoms with E-state index in [1.165, 1.54) is 51.4 Å². The summed E-state index contributed by atoms with van der Waals surface area (Å²) in [4.78, 5) is 67.9. The average Bonchev–Trinajstić information content (AvgIpc) is 3.77. The minimum Gasteiger partial charge on any atom is -0.482 e. The molecule has 8 atom stereocenters. The molecule has 1 aliphatic heterocycles. The molecule has 0 spiro atoms. The molecule has 4 aliphatic carbocycles. The number of nitrogens with one attached hydrogen (secondary N) is 1. The first-order chi connectivity index (χ1) is 32.4. The van der Waals surface area contributed by atoms with E-state index in [-0.39, 0.29) is 52.8 Å². The minimum absolute atomic E-state index is 0.00217. The molecule has 67 heavy (non-hydrogen) atoms. The predicted octanol–water partition coefficient (Wildman–Crippen LogP) is 10.8. The molecule has 11 nitrogen and oxygen atoms in total. The van der Waals surface area contributed by atoms with Gasteiger partial charge in [0.05, 0.1) is 23.2 Å². The number of aliphatic hydroxyl groups is 1. The fourth-order valence-corrected chi connectivity index (χ4v) is 13.8. The Labute approximate surface area is 406 Å². The number of carbonyl (C=O) groups excluding carboxylic acids is 4. The van der Waals surface area contributed by atoms with E-state index in [4.69, 9.17) is 9.47 Å². The van der Waals surface area contributed by atoms with E-state index in [0.717, 1.165) is 113 Å². The summed E-state index contributed by atoms with van der Waals surface area (Å²) in [5.41, 5.74) is 1.74. The Morgan fingerprint density at radius 1 is 0.836 bits per heavy atom. The van der Waals surface area contributed by atoms with Gasteiger partial charge in [0.15, 0.2) is 6.61 Å². The van der Waals surface area contributed by atoms with Crippen molar-refractivity contribution in [1.29, 1.82) is 0 Å². The Balaban J connectivity index is 0.947. The molecule has 2 unspecified atom stereocenters. The summed E-state index contributed by atoms with van der Waals surface area (Å²) in [5, 5.41) is 23.1. The van der Waals surface area contributed by atoms with Crippen LogP contribution in [0, 0.1) is 35.5 Å². The van der Waals surface area contributed by atoms with Gasteiger partial charge in [0.1, 0.15) is 11.9 Å². The molecule has 376 valence electrons. The second-order valence-electron chi connectivity index (χ2n) is 21.6. The molecule has 3 saturated carbocycles. The minimum atomic E-state index is -1.02. The van der Waals surface area contributed by atoms with Crippen molar-refractivity contribution in [3.8, 4) is 5.75 Å². The number of carboxylic acid groups (broad SMARTS) is 1. The average molecular weight is 951 g/mol. The van der Waals surface area contributed by atoms with Gasteiger partial charge >= 0.3 is 11.9 Å². The maximum Gasteiger partial charge on any atom is 0.341 e. The molecular formula is C55H86N2O9S. The van der Waals surface area contributed by atoms with Crippen molar-refractivity contribution in [2.24, 2.45) is 35.5 Å². The van der Waals surface area contributed by atoms with Crippen LogP contribution in [0.2, 0.25) is 0 Å². The maximum absolute atomic E-state index is 14.2. The van der Waals surface area contributed by atoms with E-state index in [0.29, 0.717) is 50.3 Å². The predicted molar refractivity (Wildman–Crippen MR) is 265 cm³/mol. The topological polar surface area (TPSA) is 160 Å². The Bertz CT molecular complexity index is 1760. The zero-order chi connectivity index (χ0) is 47.8. The van der Waals surface area contributed by atoms with E-state index in [1.807, 2.05) is 12.1 Å². The second-order valence-corrected chi connectivity index (χ2v) is 22.9. The standard InChI is InChI=1S/C55H86N2O9S/c1-4-5-14-25-41(58)29-30-42-45-33-38-22-21-28-47(65-37-51(60)61)46(38)34-39(45)35-48(42)66-54(64)44-27-18-17-26-43(44)52(62)56-31-19-12-13-20-32-67-49-36-50(59)57(53(49)63)55(2,3)40-23-15-10-8-6-7-9-11-16-24-40/h21-22,28,39-45,48-49,58H,4-20,23-27,29-37H2,1-3H3,(H,56,62)(H,60,61)/t39-,41-,42+,43-,44?,45-,48+,49?/m0/s1. The third kappa shape index (κ3) is 14.9. The van der Waals surface area contributed by atoms with Crippen molar-refractivity contribution in [1.82, 2.24) is 10.2 Å². The van der Waals surface area contributed by atoms with Gasteiger partial charge in [-0.25, -0.2) is 4.79 Å². The van der Waals surface area contributed by atoms with Gasteiger partial charge in [-0.05, 0) is 138 Å². The number of amides is 3. The van der Waals surface area contributed by atoms with E-state index in [9.17, 15) is 34.2 Å². The molecule has 0 radical (unpaired) electrons. The van der Waals surface area contributed by atoms with Gasteiger partial charge in [-0.3, -0.25) is 24.1 Å². The van der Waals surface area contributed by atoms with Crippen LogP contribution in [0.4, 0.5) is 0 Å². The quantitative estimate of drug-likeness (QED) is 0.0547. The van der Waals surface area contributed by atoms with Crippen LogP contribution in [0.15, 0.2) is 18.2 Å². The maximum atomic E-state index is 14.2. The van der Waals surface area contributed by atoms with Crippen molar-refractivity contribution in [3.63, 3.8) is 0 Å². The van der Waals surface area contributed by atoms with Gasteiger partial charge in [-0.15, -0.1) is 11.8 Å². The second kappa shape index (κ2) is 26.7. The number of imide groups is 1. The summed E-state index contributed by atoms with van der Waals surface area (Å²) in [6, 6.07) is 5.86. The molecule has 1 saturated heterocycles. The van der Waals surface area contributed by atoms with Crippen LogP contribution >= 0.6 is 11.8 Å². The molecule has 5 aliphatic rings. The Morgan fingerprint density at radius 3 is 2.24 bits per heavy atom. The molecule has 6 rings (SSSR count). The monoisotopic (exact) mass is 951 g/mol. The summed E-state index contributed by atoms with van der Waals surface area (Å²) < 4.78 is 12.2. The van der Waals surface area contributed by atoms with Crippen molar-refractivity contribution in [2.75, 3.05) is 18.9 Å². The normalized spacial score (nSPS) is 26.9. The molecule has 12 heteroatoms. The zero-order valence-electron chi connectivity index (χ0n) is 41.5. The first-order valence-corrected chi connectivity index (χ1v) is 28.0. The van der Waals surface area contributed by atoms with Gasteiger partial charge in [0.2, 0.25) is 17.7 Å². The number of nitrogens with zero attached hydrogens (tertiary/aromatic N) is 1. The molecule has 1 heterocycles. The van der Waals surface area contributed by atoms with E-state index >= 15 is 0 Å². The summed E-state index contributed by atoms with van der Waals surface area (Å²) in [6.07, 6.45) is 26.2. The number of fused-ring (bicyclic) bond motifs is 2. The van der Waals surface area contributed by atoms with Crippen molar-refractivity contribution in [2.45, 2.75) is 224 Å². The Hall–Kier alpha value is -3.12. The van der Waals surface area contributed by atoms with Gasteiger partial charge < -0.3 is 25.0 Å². The number of unbranched alkanes of at least 4 members (excludes halogenated alkanes) is 5. The van der Waals surface area contributed by atoms with E-state index in [2.05, 4.69) is 32.2 Å².